The monoisotopic (exact) mass is 186 g/mol. The largest absolute Gasteiger partial charge is 0.479 e. The van der Waals surface area contributed by atoms with Crippen molar-refractivity contribution in [3.63, 3.8) is 0 Å². The molecule has 13 heavy (non-hydrogen) atoms. The van der Waals surface area contributed by atoms with E-state index < -0.39 is 12.1 Å². The zero-order chi connectivity index (χ0) is 10.0. The molecule has 1 aromatic rings. The Labute approximate surface area is 75.0 Å². The lowest BCUT2D eigenvalue weighted by Crippen LogP contribution is -2.17. The summed E-state index contributed by atoms with van der Waals surface area (Å²) in [6.07, 6.45) is -0.470. The van der Waals surface area contributed by atoms with Crippen LogP contribution in [0.3, 0.4) is 0 Å². The second-order valence-corrected chi connectivity index (χ2v) is 2.89. The van der Waals surface area contributed by atoms with Crippen molar-refractivity contribution in [3.05, 3.63) is 17.5 Å². The average Bonchev–Trinajstić information content (AvgIpc) is 2.36. The Morgan fingerprint density at radius 1 is 1.85 bits per heavy atom. The van der Waals surface area contributed by atoms with Gasteiger partial charge in [-0.2, -0.15) is 5.10 Å². The Morgan fingerprint density at radius 3 is 2.85 bits per heavy atom. The Bertz CT molecular complexity index is 322. The number of nitrogens with zero attached hydrogens (tertiary/aromatic N) is 2. The van der Waals surface area contributed by atoms with Gasteiger partial charge in [-0.15, -0.1) is 0 Å². The van der Waals surface area contributed by atoms with Gasteiger partial charge in [0.1, 0.15) is 0 Å². The third kappa shape index (κ3) is 2.05. The Kier molecular flexibility index (Phi) is 2.65. The Balaban J connectivity index is 2.74. The van der Waals surface area contributed by atoms with E-state index in [4.69, 9.17) is 5.11 Å². The number of aromatic nitrogens is 2. The first-order valence-corrected chi connectivity index (χ1v) is 3.86. The fourth-order valence-corrected chi connectivity index (χ4v) is 1.02. The van der Waals surface area contributed by atoms with E-state index in [0.717, 1.165) is 5.69 Å². The van der Waals surface area contributed by atoms with Crippen molar-refractivity contribution in [2.75, 3.05) is 0 Å². The van der Waals surface area contributed by atoms with Crippen molar-refractivity contribution in [3.8, 4) is 0 Å². The molecule has 1 N–H and O–H groups in total. The van der Waals surface area contributed by atoms with Crippen LogP contribution in [0.5, 0.6) is 0 Å². The minimum atomic E-state index is -1.84. The van der Waals surface area contributed by atoms with Gasteiger partial charge in [0.05, 0.1) is 6.20 Å². The molecule has 0 fully saturated rings. The zero-order valence-corrected chi connectivity index (χ0v) is 7.49. The van der Waals surface area contributed by atoms with Crippen LogP contribution in [0.1, 0.15) is 11.3 Å². The Morgan fingerprint density at radius 2 is 2.46 bits per heavy atom. The highest BCUT2D eigenvalue weighted by atomic mass is 19.1. The number of hydrogen-bond donors (Lipinski definition) is 1. The van der Waals surface area contributed by atoms with Crippen LogP contribution in [0.2, 0.25) is 0 Å². The van der Waals surface area contributed by atoms with Gasteiger partial charge in [0, 0.05) is 19.2 Å². The van der Waals surface area contributed by atoms with E-state index in [9.17, 15) is 9.18 Å². The predicted octanol–water partition coefficient (Wildman–Crippen LogP) is 0.694. The summed E-state index contributed by atoms with van der Waals surface area (Å²) in [5.41, 5.74) is 1.43. The highest BCUT2D eigenvalue weighted by Gasteiger charge is 2.18. The van der Waals surface area contributed by atoms with Crippen LogP contribution >= 0.6 is 0 Å². The minimum absolute atomic E-state index is 0.116. The van der Waals surface area contributed by atoms with E-state index in [1.54, 1.807) is 18.7 Å². The summed E-state index contributed by atoms with van der Waals surface area (Å²) in [6.45, 7) is 1.77. The molecule has 72 valence electrons. The van der Waals surface area contributed by atoms with Gasteiger partial charge in [-0.1, -0.05) is 0 Å². The highest BCUT2D eigenvalue weighted by Crippen LogP contribution is 2.10. The lowest BCUT2D eigenvalue weighted by atomic mass is 10.1. The maximum atomic E-state index is 12.8. The van der Waals surface area contributed by atoms with E-state index in [2.05, 4.69) is 5.10 Å². The molecule has 1 aromatic heterocycles. The van der Waals surface area contributed by atoms with Crippen LogP contribution in [0.4, 0.5) is 4.39 Å². The molecule has 0 saturated heterocycles. The predicted molar refractivity (Wildman–Crippen MR) is 44.2 cm³/mol. The molecule has 0 aliphatic carbocycles. The number of alkyl halides is 1. The van der Waals surface area contributed by atoms with Gasteiger partial charge in [0.25, 0.3) is 0 Å². The van der Waals surface area contributed by atoms with Gasteiger partial charge in [0.15, 0.2) is 0 Å². The average molecular weight is 186 g/mol. The van der Waals surface area contributed by atoms with Crippen LogP contribution < -0.4 is 0 Å². The van der Waals surface area contributed by atoms with Crippen molar-refractivity contribution in [1.82, 2.24) is 9.78 Å². The van der Waals surface area contributed by atoms with Gasteiger partial charge < -0.3 is 5.11 Å². The van der Waals surface area contributed by atoms with E-state index >= 15 is 0 Å². The molecule has 0 saturated carbocycles. The van der Waals surface area contributed by atoms with Gasteiger partial charge in [0.2, 0.25) is 6.17 Å². The van der Waals surface area contributed by atoms with Crippen molar-refractivity contribution >= 4 is 5.97 Å². The quantitative estimate of drug-likeness (QED) is 0.755. The first kappa shape index (κ1) is 9.70. The summed E-state index contributed by atoms with van der Waals surface area (Å²) in [4.78, 5) is 10.2. The van der Waals surface area contributed by atoms with Crippen LogP contribution in [-0.4, -0.2) is 27.0 Å². The molecule has 1 heterocycles. The van der Waals surface area contributed by atoms with Gasteiger partial charge in [-0.3, -0.25) is 4.68 Å². The van der Waals surface area contributed by atoms with E-state index in [1.165, 1.54) is 6.20 Å². The minimum Gasteiger partial charge on any atom is -0.479 e. The molecule has 0 bridgehead atoms. The van der Waals surface area contributed by atoms with Crippen molar-refractivity contribution in [1.29, 1.82) is 0 Å². The molecule has 1 rings (SSSR count). The van der Waals surface area contributed by atoms with Gasteiger partial charge >= 0.3 is 5.97 Å². The third-order valence-electron chi connectivity index (χ3n) is 2.00. The standard InChI is InChI=1S/C8H11FN2O2/c1-5-6(4-10-11(5)2)3-7(9)8(12)13/h4,7H,3H2,1-2H3,(H,12,13). The number of carbonyl (C=O) groups is 1. The summed E-state index contributed by atoms with van der Waals surface area (Å²) in [5.74, 6) is -1.43. The van der Waals surface area contributed by atoms with Gasteiger partial charge in [-0.05, 0) is 12.5 Å². The van der Waals surface area contributed by atoms with E-state index in [1.807, 2.05) is 0 Å². The molecule has 0 aromatic carbocycles. The normalized spacial score (nSPS) is 12.8. The third-order valence-corrected chi connectivity index (χ3v) is 2.00. The van der Waals surface area contributed by atoms with E-state index in [0.29, 0.717) is 5.56 Å². The number of rotatable bonds is 3. The molecule has 0 aliphatic rings. The van der Waals surface area contributed by atoms with Crippen LogP contribution in [0.25, 0.3) is 0 Å². The zero-order valence-electron chi connectivity index (χ0n) is 7.49. The fraction of sp³-hybridized carbons (Fsp3) is 0.500. The number of aryl methyl sites for hydroxylation is 1. The molecule has 0 amide bonds. The number of carboxylic acid groups (broad SMARTS) is 1. The summed E-state index contributed by atoms with van der Waals surface area (Å²) >= 11 is 0. The first-order valence-electron chi connectivity index (χ1n) is 3.86. The Hall–Kier alpha value is -1.39. The highest BCUT2D eigenvalue weighted by molar-refractivity contribution is 5.72. The van der Waals surface area contributed by atoms with Crippen molar-refractivity contribution in [2.45, 2.75) is 19.5 Å². The molecule has 4 nitrogen and oxygen atoms in total. The first-order chi connectivity index (χ1) is 6.02. The van der Waals surface area contributed by atoms with Crippen molar-refractivity contribution in [2.24, 2.45) is 7.05 Å². The number of aliphatic carboxylic acids is 1. The summed E-state index contributed by atoms with van der Waals surface area (Å²) in [6, 6.07) is 0. The molecule has 5 heteroatoms. The molecular formula is C8H11FN2O2. The fourth-order valence-electron chi connectivity index (χ4n) is 1.02. The van der Waals surface area contributed by atoms with Gasteiger partial charge in [-0.25, -0.2) is 9.18 Å². The summed E-state index contributed by atoms with van der Waals surface area (Å²) < 4.78 is 14.4. The van der Waals surface area contributed by atoms with E-state index in [-0.39, 0.29) is 6.42 Å². The topological polar surface area (TPSA) is 55.1 Å². The lowest BCUT2D eigenvalue weighted by Gasteiger charge is -2.01. The summed E-state index contributed by atoms with van der Waals surface area (Å²) in [5, 5.41) is 12.2. The van der Waals surface area contributed by atoms with Crippen LogP contribution in [0.15, 0.2) is 6.20 Å². The molecule has 0 spiro atoms. The smallest absolute Gasteiger partial charge is 0.338 e. The van der Waals surface area contributed by atoms with Crippen molar-refractivity contribution < 1.29 is 14.3 Å². The molecule has 1 atom stereocenters. The maximum absolute atomic E-state index is 12.8. The molecule has 1 unspecified atom stereocenters. The SMILES string of the molecule is Cc1c(CC(F)C(=O)O)cnn1C. The number of hydrogen-bond acceptors (Lipinski definition) is 2. The number of halogens is 1. The number of carboxylic acids is 1. The second-order valence-electron chi connectivity index (χ2n) is 2.89. The van der Waals surface area contributed by atoms with Crippen LogP contribution in [-0.2, 0) is 18.3 Å². The summed E-state index contributed by atoms with van der Waals surface area (Å²) in [7, 11) is 1.73. The lowest BCUT2D eigenvalue weighted by molar-refractivity contribution is -0.142. The second kappa shape index (κ2) is 3.55. The molecular weight excluding hydrogens is 175 g/mol. The van der Waals surface area contributed by atoms with Crippen LogP contribution in [0, 0.1) is 6.92 Å². The molecule has 0 aliphatic heterocycles. The molecule has 0 radical (unpaired) electrons. The maximum Gasteiger partial charge on any atom is 0.338 e.